The lowest BCUT2D eigenvalue weighted by atomic mass is 9.91. The zero-order valence-corrected chi connectivity index (χ0v) is 21.0. The smallest absolute Gasteiger partial charge is 0.331 e. The molecule has 4 aromatic rings. The molecule has 1 fully saturated rings. The molecule has 6 rings (SSSR count). The van der Waals surface area contributed by atoms with Gasteiger partial charge in [0.2, 0.25) is 5.88 Å². The average Bonchev–Trinajstić information content (AvgIpc) is 3.26. The Morgan fingerprint density at radius 1 is 1.16 bits per heavy atom. The maximum Gasteiger partial charge on any atom is 0.331 e. The number of para-hydroxylation sites is 1. The Morgan fingerprint density at radius 3 is 2.76 bits per heavy atom. The number of thiophene rings is 1. The molecule has 4 heterocycles. The second kappa shape index (κ2) is 9.45. The molecule has 3 amide bonds. The Bertz CT molecular complexity index is 1510. The van der Waals surface area contributed by atoms with Crippen LogP contribution in [0.4, 0.5) is 21.9 Å². The van der Waals surface area contributed by atoms with Crippen LogP contribution in [0.1, 0.15) is 40.9 Å². The van der Waals surface area contributed by atoms with Crippen molar-refractivity contribution in [3.63, 3.8) is 0 Å². The highest BCUT2D eigenvalue weighted by Crippen LogP contribution is 2.46. The predicted octanol–water partition coefficient (Wildman–Crippen LogP) is 5.48. The highest BCUT2D eigenvalue weighted by molar-refractivity contribution is 7.21. The van der Waals surface area contributed by atoms with Crippen LogP contribution in [0, 0.1) is 6.92 Å². The SMILES string of the molecule is Cc1cc(Oc2ccccc2)ncc1N1C(=O)Nc2c(C(=O)N[C@@H]3CCCCC3N)sc3nccc1c23. The summed E-state index contributed by atoms with van der Waals surface area (Å²) in [6, 6.07) is 12.5. The van der Waals surface area contributed by atoms with Gasteiger partial charge in [0.25, 0.3) is 5.91 Å². The van der Waals surface area contributed by atoms with Crippen LogP contribution in [-0.2, 0) is 0 Å². The van der Waals surface area contributed by atoms with E-state index in [2.05, 4.69) is 20.6 Å². The molecule has 2 aliphatic rings. The second-order valence-electron chi connectivity index (χ2n) is 9.33. The molecule has 9 nitrogen and oxygen atoms in total. The van der Waals surface area contributed by atoms with Gasteiger partial charge < -0.3 is 21.1 Å². The lowest BCUT2D eigenvalue weighted by Gasteiger charge is -2.30. The molecule has 188 valence electrons. The Balaban J connectivity index is 1.34. The largest absolute Gasteiger partial charge is 0.439 e. The van der Waals surface area contributed by atoms with Gasteiger partial charge in [-0.05, 0) is 43.5 Å². The molecule has 37 heavy (non-hydrogen) atoms. The maximum absolute atomic E-state index is 13.4. The first kappa shape index (κ1) is 23.4. The van der Waals surface area contributed by atoms with Gasteiger partial charge in [-0.3, -0.25) is 9.69 Å². The van der Waals surface area contributed by atoms with Crippen LogP contribution in [0.25, 0.3) is 10.2 Å². The zero-order valence-electron chi connectivity index (χ0n) is 20.2. The number of hydrogen-bond donors (Lipinski definition) is 3. The molecule has 0 spiro atoms. The zero-order chi connectivity index (χ0) is 25.5. The maximum atomic E-state index is 13.4. The molecule has 1 aromatic carbocycles. The average molecular weight is 515 g/mol. The van der Waals surface area contributed by atoms with Gasteiger partial charge in [0, 0.05) is 24.3 Å². The van der Waals surface area contributed by atoms with Crippen molar-refractivity contribution in [2.45, 2.75) is 44.7 Å². The number of nitrogens with one attached hydrogen (secondary N) is 2. The molecule has 1 aliphatic carbocycles. The third kappa shape index (κ3) is 4.28. The normalized spacial score (nSPS) is 19.0. The summed E-state index contributed by atoms with van der Waals surface area (Å²) in [6.07, 6.45) is 7.14. The van der Waals surface area contributed by atoms with Crippen molar-refractivity contribution < 1.29 is 14.3 Å². The van der Waals surface area contributed by atoms with Crippen molar-refractivity contribution in [2.24, 2.45) is 5.73 Å². The number of hydrogen-bond acceptors (Lipinski definition) is 7. The summed E-state index contributed by atoms with van der Waals surface area (Å²) >= 11 is 1.27. The highest BCUT2D eigenvalue weighted by Gasteiger charge is 2.34. The number of benzene rings is 1. The fourth-order valence-electron chi connectivity index (χ4n) is 4.98. The van der Waals surface area contributed by atoms with E-state index in [0.29, 0.717) is 38.4 Å². The molecule has 0 radical (unpaired) electrons. The number of carbonyl (C=O) groups is 2. The highest BCUT2D eigenvalue weighted by atomic mass is 32.1. The minimum atomic E-state index is -0.372. The standard InChI is InChI=1S/C27H26N6O3S/c1-15-13-21(36-16-7-3-2-4-8-16)30-14-20(15)33-19-11-12-29-26-22(19)23(32-27(33)35)24(37-26)25(34)31-18-10-6-5-9-17(18)28/h2-4,7-8,11-14,17-18H,5-6,9-10,28H2,1H3,(H,31,34)(H,32,35)/t17?,18-/m1/s1. The summed E-state index contributed by atoms with van der Waals surface area (Å²) in [5, 5.41) is 6.76. The fourth-order valence-corrected chi connectivity index (χ4v) is 6.00. The van der Waals surface area contributed by atoms with Gasteiger partial charge >= 0.3 is 6.03 Å². The number of aromatic nitrogens is 2. The van der Waals surface area contributed by atoms with Gasteiger partial charge in [-0.1, -0.05) is 31.0 Å². The van der Waals surface area contributed by atoms with E-state index in [1.807, 2.05) is 37.3 Å². The van der Waals surface area contributed by atoms with Gasteiger partial charge in [0.1, 0.15) is 15.5 Å². The minimum absolute atomic E-state index is 0.0634. The van der Waals surface area contributed by atoms with Crippen molar-refractivity contribution in [2.75, 3.05) is 10.2 Å². The van der Waals surface area contributed by atoms with Crippen molar-refractivity contribution in [3.8, 4) is 11.6 Å². The van der Waals surface area contributed by atoms with Crippen LogP contribution in [0.2, 0.25) is 0 Å². The number of aryl methyl sites for hydroxylation is 1. The summed E-state index contributed by atoms with van der Waals surface area (Å²) < 4.78 is 5.85. The first-order chi connectivity index (χ1) is 18.0. The van der Waals surface area contributed by atoms with E-state index >= 15 is 0 Å². The lowest BCUT2D eigenvalue weighted by molar-refractivity contribution is 0.0926. The Hall–Kier alpha value is -4.02. The monoisotopic (exact) mass is 514 g/mol. The van der Waals surface area contributed by atoms with Crippen LogP contribution >= 0.6 is 11.3 Å². The van der Waals surface area contributed by atoms with E-state index in [1.54, 1.807) is 29.4 Å². The van der Waals surface area contributed by atoms with E-state index in [0.717, 1.165) is 36.6 Å². The molecule has 3 aromatic heterocycles. The summed E-state index contributed by atoms with van der Waals surface area (Å²) in [4.78, 5) is 38.3. The molecule has 2 atom stereocenters. The molecule has 1 saturated carbocycles. The first-order valence-corrected chi connectivity index (χ1v) is 13.1. The number of ether oxygens (including phenoxy) is 1. The number of urea groups is 1. The first-order valence-electron chi connectivity index (χ1n) is 12.3. The van der Waals surface area contributed by atoms with E-state index in [4.69, 9.17) is 10.5 Å². The van der Waals surface area contributed by atoms with E-state index in [9.17, 15) is 9.59 Å². The third-order valence-corrected chi connectivity index (χ3v) is 7.95. The van der Waals surface area contributed by atoms with E-state index in [1.165, 1.54) is 11.3 Å². The van der Waals surface area contributed by atoms with Crippen LogP contribution < -0.4 is 26.0 Å². The van der Waals surface area contributed by atoms with Crippen LogP contribution in [0.3, 0.4) is 0 Å². The molecular weight excluding hydrogens is 488 g/mol. The number of rotatable bonds is 5. The van der Waals surface area contributed by atoms with Crippen molar-refractivity contribution >= 4 is 50.6 Å². The summed E-state index contributed by atoms with van der Waals surface area (Å²) in [5.74, 6) is 0.873. The van der Waals surface area contributed by atoms with Crippen LogP contribution in [0.15, 0.2) is 54.9 Å². The summed E-state index contributed by atoms with van der Waals surface area (Å²) in [6.45, 7) is 1.90. The predicted molar refractivity (Wildman–Crippen MR) is 144 cm³/mol. The van der Waals surface area contributed by atoms with Crippen LogP contribution in [-0.4, -0.2) is 34.0 Å². The second-order valence-corrected chi connectivity index (χ2v) is 10.3. The molecule has 1 aliphatic heterocycles. The molecule has 0 saturated heterocycles. The van der Waals surface area contributed by atoms with E-state index < -0.39 is 0 Å². The molecule has 10 heteroatoms. The number of nitrogens with zero attached hydrogens (tertiary/aromatic N) is 3. The van der Waals surface area contributed by atoms with Crippen LogP contribution in [0.5, 0.6) is 11.6 Å². The summed E-state index contributed by atoms with van der Waals surface area (Å²) in [5.41, 5.74) is 8.80. The van der Waals surface area contributed by atoms with Gasteiger partial charge in [0.15, 0.2) is 0 Å². The number of amides is 3. The molecule has 1 unspecified atom stereocenters. The quantitative estimate of drug-likeness (QED) is 0.324. The van der Waals surface area contributed by atoms with Crippen molar-refractivity contribution in [1.82, 2.24) is 15.3 Å². The Morgan fingerprint density at radius 2 is 1.97 bits per heavy atom. The van der Waals surface area contributed by atoms with Gasteiger partial charge in [-0.15, -0.1) is 11.3 Å². The fraction of sp³-hybridized carbons (Fsp3) is 0.259. The van der Waals surface area contributed by atoms with Gasteiger partial charge in [-0.2, -0.15) is 0 Å². The number of pyridine rings is 2. The summed E-state index contributed by atoms with van der Waals surface area (Å²) in [7, 11) is 0. The number of anilines is 3. The number of nitrogens with two attached hydrogens (primary N) is 1. The Kier molecular flexibility index (Phi) is 5.97. The van der Waals surface area contributed by atoms with Gasteiger partial charge in [-0.25, -0.2) is 14.8 Å². The molecular formula is C27H26N6O3S. The lowest BCUT2D eigenvalue weighted by Crippen LogP contribution is -2.49. The van der Waals surface area contributed by atoms with Crippen molar-refractivity contribution in [1.29, 1.82) is 0 Å². The van der Waals surface area contributed by atoms with Crippen molar-refractivity contribution in [3.05, 3.63) is 65.3 Å². The Labute approximate surface area is 217 Å². The van der Waals surface area contributed by atoms with E-state index in [-0.39, 0.29) is 24.0 Å². The molecule has 4 N–H and O–H groups in total. The van der Waals surface area contributed by atoms with Gasteiger partial charge in [0.05, 0.1) is 28.6 Å². The third-order valence-electron chi connectivity index (χ3n) is 6.85. The number of carbonyl (C=O) groups excluding carboxylic acids is 2. The minimum Gasteiger partial charge on any atom is -0.439 e. The molecule has 0 bridgehead atoms. The topological polar surface area (TPSA) is 122 Å².